The van der Waals surface area contributed by atoms with Crippen LogP contribution in [0.2, 0.25) is 5.02 Å². The third-order valence-electron chi connectivity index (χ3n) is 3.38. The van der Waals surface area contributed by atoms with E-state index in [0.29, 0.717) is 16.7 Å². The summed E-state index contributed by atoms with van der Waals surface area (Å²) in [7, 11) is 3.47. The second kappa shape index (κ2) is 5.24. The first-order valence-corrected chi connectivity index (χ1v) is 7.29. The van der Waals surface area contributed by atoms with Crippen molar-refractivity contribution in [2.45, 2.75) is 12.8 Å². The van der Waals surface area contributed by atoms with Crippen molar-refractivity contribution in [1.29, 1.82) is 0 Å². The summed E-state index contributed by atoms with van der Waals surface area (Å²) in [5.41, 5.74) is 3.49. The van der Waals surface area contributed by atoms with Crippen LogP contribution in [0, 0.1) is 6.92 Å². The van der Waals surface area contributed by atoms with Crippen molar-refractivity contribution >= 4 is 34.4 Å². The van der Waals surface area contributed by atoms with Crippen LogP contribution in [0.5, 0.6) is 5.75 Å². The number of rotatable bonds is 3. The number of ether oxygens (including phenoxy) is 1. The Bertz CT molecular complexity index is 822. The first kappa shape index (κ1) is 14.2. The van der Waals surface area contributed by atoms with E-state index in [1.165, 1.54) is 0 Å². The fourth-order valence-electron chi connectivity index (χ4n) is 2.47. The van der Waals surface area contributed by atoms with Gasteiger partial charge in [0.25, 0.3) is 0 Å². The number of aromatic nitrogens is 4. The van der Waals surface area contributed by atoms with Gasteiger partial charge in [-0.2, -0.15) is 5.10 Å². The molecule has 0 aliphatic heterocycles. The molecule has 0 saturated heterocycles. The molecule has 0 radical (unpaired) electrons. The molecule has 3 rings (SSSR count). The molecule has 0 bridgehead atoms. The van der Waals surface area contributed by atoms with E-state index in [9.17, 15) is 0 Å². The lowest BCUT2D eigenvalue weighted by Gasteiger charge is -2.10. The molecule has 3 aromatic rings. The molecule has 21 heavy (non-hydrogen) atoms. The van der Waals surface area contributed by atoms with Crippen LogP contribution in [-0.4, -0.2) is 26.4 Å². The van der Waals surface area contributed by atoms with Crippen LogP contribution in [0.15, 0.2) is 18.2 Å². The van der Waals surface area contributed by atoms with Gasteiger partial charge in [0.2, 0.25) is 0 Å². The SMILES string of the molecule is COc1ccc(-n2c(CCl)nc3c(C)nn(C)c32)cc1Cl. The lowest BCUT2D eigenvalue weighted by Crippen LogP contribution is -2.04. The van der Waals surface area contributed by atoms with Crippen LogP contribution >= 0.6 is 23.2 Å². The van der Waals surface area contributed by atoms with Crippen LogP contribution in [-0.2, 0) is 12.9 Å². The average molecular weight is 325 g/mol. The first-order chi connectivity index (χ1) is 10.1. The Labute approximate surface area is 132 Å². The number of hydrogen-bond acceptors (Lipinski definition) is 3. The van der Waals surface area contributed by atoms with Crippen LogP contribution in [0.4, 0.5) is 0 Å². The molecular weight excluding hydrogens is 311 g/mol. The molecule has 0 saturated carbocycles. The lowest BCUT2D eigenvalue weighted by atomic mass is 10.3. The van der Waals surface area contributed by atoms with Gasteiger partial charge in [0.1, 0.15) is 17.1 Å². The van der Waals surface area contributed by atoms with E-state index in [-0.39, 0.29) is 0 Å². The third-order valence-corrected chi connectivity index (χ3v) is 3.92. The van der Waals surface area contributed by atoms with Crippen LogP contribution in [0.3, 0.4) is 0 Å². The summed E-state index contributed by atoms with van der Waals surface area (Å²) in [5, 5.41) is 4.94. The van der Waals surface area contributed by atoms with Gasteiger partial charge in [-0.25, -0.2) is 9.67 Å². The number of methoxy groups -OCH3 is 1. The Kier molecular flexibility index (Phi) is 3.55. The predicted octanol–water partition coefficient (Wildman–Crippen LogP) is 3.47. The molecule has 0 spiro atoms. The van der Waals surface area contributed by atoms with Gasteiger partial charge in [0, 0.05) is 7.05 Å². The molecule has 1 aromatic carbocycles. The smallest absolute Gasteiger partial charge is 0.163 e. The predicted molar refractivity (Wildman–Crippen MR) is 83.7 cm³/mol. The second-order valence-corrected chi connectivity index (χ2v) is 5.37. The topological polar surface area (TPSA) is 44.9 Å². The van der Waals surface area contributed by atoms with Crippen molar-refractivity contribution in [2.75, 3.05) is 7.11 Å². The molecule has 2 heterocycles. The monoisotopic (exact) mass is 324 g/mol. The largest absolute Gasteiger partial charge is 0.495 e. The summed E-state index contributed by atoms with van der Waals surface area (Å²) in [5.74, 6) is 1.69. The maximum atomic E-state index is 6.22. The van der Waals surface area contributed by atoms with E-state index >= 15 is 0 Å². The molecule has 2 aromatic heterocycles. The summed E-state index contributed by atoms with van der Waals surface area (Å²) in [6, 6.07) is 5.58. The minimum absolute atomic E-state index is 0.303. The van der Waals surface area contributed by atoms with Gasteiger partial charge in [-0.05, 0) is 25.1 Å². The maximum Gasteiger partial charge on any atom is 0.163 e. The van der Waals surface area contributed by atoms with Crippen molar-refractivity contribution < 1.29 is 4.74 Å². The number of imidazole rings is 1. The number of hydrogen-bond donors (Lipinski definition) is 0. The normalized spacial score (nSPS) is 11.3. The van der Waals surface area contributed by atoms with Gasteiger partial charge in [0.15, 0.2) is 5.65 Å². The molecule has 0 fully saturated rings. The average Bonchev–Trinajstić information content (AvgIpc) is 2.97. The van der Waals surface area contributed by atoms with E-state index in [2.05, 4.69) is 10.1 Å². The highest BCUT2D eigenvalue weighted by Crippen LogP contribution is 2.30. The van der Waals surface area contributed by atoms with Crippen molar-refractivity contribution in [3.05, 3.63) is 34.7 Å². The maximum absolute atomic E-state index is 6.22. The number of fused-ring (bicyclic) bond motifs is 1. The Morgan fingerprint density at radius 2 is 2.10 bits per heavy atom. The van der Waals surface area contributed by atoms with Gasteiger partial charge in [-0.1, -0.05) is 11.6 Å². The standard InChI is InChI=1S/C14H14Cl2N4O/c1-8-13-14(19(2)18-8)20(12(7-15)17-13)9-4-5-11(21-3)10(16)6-9/h4-6H,7H2,1-3H3. The van der Waals surface area contributed by atoms with Gasteiger partial charge >= 0.3 is 0 Å². The number of aryl methyl sites for hydroxylation is 2. The molecule has 0 unspecified atom stereocenters. The highest BCUT2D eigenvalue weighted by atomic mass is 35.5. The van der Waals surface area contributed by atoms with Crippen LogP contribution in [0.1, 0.15) is 11.5 Å². The van der Waals surface area contributed by atoms with Gasteiger partial charge in [-0.3, -0.25) is 4.57 Å². The van der Waals surface area contributed by atoms with Crippen molar-refractivity contribution in [3.63, 3.8) is 0 Å². The van der Waals surface area contributed by atoms with E-state index in [0.717, 1.165) is 28.4 Å². The zero-order valence-electron chi connectivity index (χ0n) is 11.9. The Morgan fingerprint density at radius 3 is 2.71 bits per heavy atom. The Balaban J connectivity index is 2.30. The molecule has 5 nitrogen and oxygen atoms in total. The Hall–Kier alpha value is -1.72. The van der Waals surface area contributed by atoms with E-state index in [1.807, 2.05) is 36.7 Å². The van der Waals surface area contributed by atoms with Crippen molar-refractivity contribution in [1.82, 2.24) is 19.3 Å². The first-order valence-electron chi connectivity index (χ1n) is 6.37. The van der Waals surface area contributed by atoms with Gasteiger partial charge in [0.05, 0.1) is 29.4 Å². The summed E-state index contributed by atoms with van der Waals surface area (Å²) >= 11 is 12.3. The fraction of sp³-hybridized carbons (Fsp3) is 0.286. The van der Waals surface area contributed by atoms with Crippen LogP contribution in [0.25, 0.3) is 16.9 Å². The number of alkyl halides is 1. The van der Waals surface area contributed by atoms with E-state index in [1.54, 1.807) is 11.8 Å². The molecule has 0 N–H and O–H groups in total. The lowest BCUT2D eigenvalue weighted by molar-refractivity contribution is 0.415. The molecule has 0 amide bonds. The number of nitrogens with zero attached hydrogens (tertiary/aromatic N) is 4. The fourth-order valence-corrected chi connectivity index (χ4v) is 2.90. The summed E-state index contributed by atoms with van der Waals surface area (Å²) < 4.78 is 8.95. The molecule has 0 aliphatic carbocycles. The third kappa shape index (κ3) is 2.17. The summed E-state index contributed by atoms with van der Waals surface area (Å²) in [6.07, 6.45) is 0. The molecular formula is C14H14Cl2N4O. The number of benzene rings is 1. The Morgan fingerprint density at radius 1 is 1.33 bits per heavy atom. The molecule has 0 aliphatic rings. The van der Waals surface area contributed by atoms with E-state index < -0.39 is 0 Å². The van der Waals surface area contributed by atoms with Crippen molar-refractivity contribution in [2.24, 2.45) is 7.05 Å². The zero-order valence-corrected chi connectivity index (χ0v) is 13.4. The van der Waals surface area contributed by atoms with Crippen LogP contribution < -0.4 is 4.74 Å². The molecule has 110 valence electrons. The summed E-state index contributed by atoms with van der Waals surface area (Å²) in [6.45, 7) is 1.93. The quantitative estimate of drug-likeness (QED) is 0.693. The minimum Gasteiger partial charge on any atom is -0.495 e. The minimum atomic E-state index is 0.303. The van der Waals surface area contributed by atoms with Gasteiger partial charge < -0.3 is 4.74 Å². The molecule has 0 atom stereocenters. The van der Waals surface area contributed by atoms with E-state index in [4.69, 9.17) is 27.9 Å². The number of halogens is 2. The highest BCUT2D eigenvalue weighted by molar-refractivity contribution is 6.32. The van der Waals surface area contributed by atoms with Crippen molar-refractivity contribution in [3.8, 4) is 11.4 Å². The zero-order chi connectivity index (χ0) is 15.1. The van der Waals surface area contributed by atoms with Gasteiger partial charge in [-0.15, -0.1) is 11.6 Å². The molecule has 7 heteroatoms. The highest BCUT2D eigenvalue weighted by Gasteiger charge is 2.18. The second-order valence-electron chi connectivity index (χ2n) is 4.70. The summed E-state index contributed by atoms with van der Waals surface area (Å²) in [4.78, 5) is 4.57.